The van der Waals surface area contributed by atoms with Gasteiger partial charge in [0.25, 0.3) is 11.8 Å². The van der Waals surface area contributed by atoms with Gasteiger partial charge in [-0.05, 0) is 56.2 Å². The van der Waals surface area contributed by atoms with Crippen LogP contribution in [0.1, 0.15) is 61.8 Å². The third-order valence-electron chi connectivity index (χ3n) is 5.84. The summed E-state index contributed by atoms with van der Waals surface area (Å²) in [5.41, 5.74) is 5.41. The van der Waals surface area contributed by atoms with E-state index in [0.29, 0.717) is 44.9 Å². The van der Waals surface area contributed by atoms with Crippen LogP contribution in [0.25, 0.3) is 11.6 Å². The van der Waals surface area contributed by atoms with Crippen LogP contribution in [0, 0.1) is 13.8 Å². The Bertz CT molecular complexity index is 1290. The molecule has 1 aliphatic rings. The fourth-order valence-electron chi connectivity index (χ4n) is 4.02. The molecule has 0 radical (unpaired) electrons. The van der Waals surface area contributed by atoms with Crippen molar-refractivity contribution in [3.8, 4) is 0 Å². The summed E-state index contributed by atoms with van der Waals surface area (Å²) in [4.78, 5) is 40.4. The molecule has 4 N–H and O–H groups in total. The highest BCUT2D eigenvalue weighted by Gasteiger charge is 2.26. The SMILES string of the molecule is CC(=O)c1ccc2c(c1)/C(=C/c1[nH]c(C)c(C(=O)NCC(O)c3ccccc3)c1C)C(=O)N2. The summed E-state index contributed by atoms with van der Waals surface area (Å²) < 4.78 is 0. The minimum atomic E-state index is -0.814. The molecule has 0 spiro atoms. The maximum absolute atomic E-state index is 12.9. The number of H-pyrrole nitrogens is 1. The zero-order valence-corrected chi connectivity index (χ0v) is 18.7. The average molecular weight is 444 g/mol. The first-order valence-electron chi connectivity index (χ1n) is 10.6. The highest BCUT2D eigenvalue weighted by Crippen LogP contribution is 2.34. The first kappa shape index (κ1) is 22.2. The van der Waals surface area contributed by atoms with Gasteiger partial charge in [-0.3, -0.25) is 14.4 Å². The van der Waals surface area contributed by atoms with E-state index in [2.05, 4.69) is 15.6 Å². The van der Waals surface area contributed by atoms with E-state index in [9.17, 15) is 19.5 Å². The number of aliphatic hydroxyl groups excluding tert-OH is 1. The van der Waals surface area contributed by atoms with Gasteiger partial charge in [0.15, 0.2) is 5.78 Å². The molecule has 4 rings (SSSR count). The Kier molecular flexibility index (Phi) is 5.98. The lowest BCUT2D eigenvalue weighted by atomic mass is 10.0. The van der Waals surface area contributed by atoms with Gasteiger partial charge in [-0.1, -0.05) is 30.3 Å². The number of carbonyl (C=O) groups excluding carboxylic acids is 3. The monoisotopic (exact) mass is 443 g/mol. The van der Waals surface area contributed by atoms with Crippen molar-refractivity contribution in [1.29, 1.82) is 0 Å². The molecule has 7 nitrogen and oxygen atoms in total. The number of aliphatic hydroxyl groups is 1. The Labute approximate surface area is 191 Å². The van der Waals surface area contributed by atoms with E-state index in [1.165, 1.54) is 6.92 Å². The number of Topliss-reactive ketones (excluding diaryl/α,β-unsaturated/α-hetero) is 1. The molecule has 2 amide bonds. The zero-order valence-electron chi connectivity index (χ0n) is 18.7. The zero-order chi connectivity index (χ0) is 23.7. The van der Waals surface area contributed by atoms with E-state index in [4.69, 9.17) is 0 Å². The molecule has 2 heterocycles. The fraction of sp³-hybridized carbons (Fsp3) is 0.192. The van der Waals surface area contributed by atoms with E-state index in [0.717, 1.165) is 5.56 Å². The standard InChI is InChI=1S/C26H25N3O4/c1-14-22(12-20-19-11-18(16(3)30)9-10-21(19)29-25(20)32)28-15(2)24(14)26(33)27-13-23(31)17-7-5-4-6-8-17/h4-12,23,28,31H,13H2,1-3H3,(H,27,33)(H,29,32)/b20-12-. The number of fused-ring (bicyclic) bond motifs is 1. The first-order valence-corrected chi connectivity index (χ1v) is 10.6. The quantitative estimate of drug-likeness (QED) is 0.343. The minimum absolute atomic E-state index is 0.0763. The third-order valence-corrected chi connectivity index (χ3v) is 5.84. The van der Waals surface area contributed by atoms with Gasteiger partial charge >= 0.3 is 0 Å². The van der Waals surface area contributed by atoms with Crippen molar-refractivity contribution in [2.24, 2.45) is 0 Å². The van der Waals surface area contributed by atoms with Crippen LogP contribution >= 0.6 is 0 Å². The van der Waals surface area contributed by atoms with E-state index >= 15 is 0 Å². The van der Waals surface area contributed by atoms with Crippen LogP contribution < -0.4 is 10.6 Å². The fourth-order valence-corrected chi connectivity index (χ4v) is 4.02. The average Bonchev–Trinajstić information content (AvgIpc) is 3.26. The molecule has 2 aromatic carbocycles. The van der Waals surface area contributed by atoms with Crippen LogP contribution in [0.5, 0.6) is 0 Å². The van der Waals surface area contributed by atoms with Crippen molar-refractivity contribution in [1.82, 2.24) is 10.3 Å². The number of aromatic nitrogens is 1. The van der Waals surface area contributed by atoms with Gasteiger partial charge in [0.05, 0.1) is 17.2 Å². The van der Waals surface area contributed by atoms with Gasteiger partial charge in [-0.25, -0.2) is 0 Å². The normalized spacial score (nSPS) is 14.7. The Morgan fingerprint density at radius 1 is 1.12 bits per heavy atom. The van der Waals surface area contributed by atoms with E-state index in [1.807, 2.05) is 18.2 Å². The van der Waals surface area contributed by atoms with Gasteiger partial charge in [-0.15, -0.1) is 0 Å². The van der Waals surface area contributed by atoms with Gasteiger partial charge < -0.3 is 20.7 Å². The number of benzene rings is 2. The Hall–Kier alpha value is -3.97. The van der Waals surface area contributed by atoms with Crippen molar-refractivity contribution < 1.29 is 19.5 Å². The highest BCUT2D eigenvalue weighted by atomic mass is 16.3. The Morgan fingerprint density at radius 2 is 1.85 bits per heavy atom. The summed E-state index contributed by atoms with van der Waals surface area (Å²) in [5, 5.41) is 15.9. The van der Waals surface area contributed by atoms with Crippen LogP contribution in [0.4, 0.5) is 5.69 Å². The number of carbonyl (C=O) groups is 3. The first-order chi connectivity index (χ1) is 15.8. The Morgan fingerprint density at radius 3 is 2.55 bits per heavy atom. The second-order valence-corrected chi connectivity index (χ2v) is 8.13. The number of rotatable bonds is 6. The number of amides is 2. The van der Waals surface area contributed by atoms with Crippen LogP contribution in [0.15, 0.2) is 48.5 Å². The molecule has 1 aromatic heterocycles. The number of nitrogens with one attached hydrogen (secondary N) is 3. The predicted molar refractivity (Wildman–Crippen MR) is 127 cm³/mol. The minimum Gasteiger partial charge on any atom is -0.387 e. The summed E-state index contributed by atoms with van der Waals surface area (Å²) in [6, 6.07) is 14.2. The lowest BCUT2D eigenvalue weighted by Crippen LogP contribution is -2.29. The molecule has 0 bridgehead atoms. The molecule has 1 unspecified atom stereocenters. The van der Waals surface area contributed by atoms with E-state index in [1.54, 1.807) is 50.3 Å². The molecule has 3 aromatic rings. The van der Waals surface area contributed by atoms with Crippen LogP contribution in [-0.4, -0.2) is 34.2 Å². The molecular weight excluding hydrogens is 418 g/mol. The molecule has 168 valence electrons. The molecule has 0 fully saturated rings. The summed E-state index contributed by atoms with van der Waals surface area (Å²) in [7, 11) is 0. The number of aromatic amines is 1. The number of hydrogen-bond acceptors (Lipinski definition) is 4. The van der Waals surface area contributed by atoms with Crippen molar-refractivity contribution >= 4 is 34.9 Å². The number of aryl methyl sites for hydroxylation is 1. The number of ketones is 1. The smallest absolute Gasteiger partial charge is 0.256 e. The van der Waals surface area contributed by atoms with Crippen molar-refractivity contribution in [3.05, 3.63) is 87.7 Å². The molecule has 1 aliphatic heterocycles. The lowest BCUT2D eigenvalue weighted by Gasteiger charge is -2.12. The number of anilines is 1. The van der Waals surface area contributed by atoms with Gasteiger partial charge in [0.2, 0.25) is 0 Å². The second-order valence-electron chi connectivity index (χ2n) is 8.13. The molecule has 1 atom stereocenters. The van der Waals surface area contributed by atoms with Crippen molar-refractivity contribution in [2.45, 2.75) is 26.9 Å². The maximum Gasteiger partial charge on any atom is 0.256 e. The molecule has 0 saturated carbocycles. The third kappa shape index (κ3) is 4.36. The molecule has 0 aliphatic carbocycles. The summed E-state index contributed by atoms with van der Waals surface area (Å²) >= 11 is 0. The van der Waals surface area contributed by atoms with Crippen LogP contribution in [0.2, 0.25) is 0 Å². The van der Waals surface area contributed by atoms with Crippen LogP contribution in [0.3, 0.4) is 0 Å². The van der Waals surface area contributed by atoms with E-state index < -0.39 is 6.10 Å². The largest absolute Gasteiger partial charge is 0.387 e. The van der Waals surface area contributed by atoms with Gasteiger partial charge in [0, 0.05) is 34.7 Å². The van der Waals surface area contributed by atoms with Crippen molar-refractivity contribution in [2.75, 3.05) is 11.9 Å². The predicted octanol–water partition coefficient (Wildman–Crippen LogP) is 3.79. The van der Waals surface area contributed by atoms with Gasteiger partial charge in [-0.2, -0.15) is 0 Å². The molecule has 33 heavy (non-hydrogen) atoms. The molecule has 0 saturated heterocycles. The highest BCUT2D eigenvalue weighted by molar-refractivity contribution is 6.35. The summed E-state index contributed by atoms with van der Waals surface area (Å²) in [6.07, 6.45) is 0.883. The van der Waals surface area contributed by atoms with Gasteiger partial charge in [0.1, 0.15) is 0 Å². The number of hydrogen-bond donors (Lipinski definition) is 4. The van der Waals surface area contributed by atoms with E-state index in [-0.39, 0.29) is 24.1 Å². The Balaban J connectivity index is 1.59. The molecule has 7 heteroatoms. The second kappa shape index (κ2) is 8.88. The molecular formula is C26H25N3O4. The summed E-state index contributed by atoms with van der Waals surface area (Å²) in [6.45, 7) is 5.15. The lowest BCUT2D eigenvalue weighted by molar-refractivity contribution is -0.110. The maximum atomic E-state index is 12.9. The van der Waals surface area contributed by atoms with Crippen molar-refractivity contribution in [3.63, 3.8) is 0 Å². The summed E-state index contributed by atoms with van der Waals surface area (Å²) in [5.74, 6) is -0.662. The van der Waals surface area contributed by atoms with Crippen LogP contribution in [-0.2, 0) is 4.79 Å². The topological polar surface area (TPSA) is 111 Å².